The van der Waals surface area contributed by atoms with Gasteiger partial charge in [0.15, 0.2) is 0 Å². The Balaban J connectivity index is 2.21. The van der Waals surface area contributed by atoms with Crippen molar-refractivity contribution in [1.82, 2.24) is 0 Å². The third-order valence-electron chi connectivity index (χ3n) is 4.15. The SMILES string of the molecule is CCC1=CC(=C2C#CC=CC2)C(c2ccccc2)=C1CC. The first-order chi connectivity index (χ1) is 10.3. The molecule has 0 bridgehead atoms. The summed E-state index contributed by atoms with van der Waals surface area (Å²) in [7, 11) is 0. The predicted molar refractivity (Wildman–Crippen MR) is 90.6 cm³/mol. The van der Waals surface area contributed by atoms with Crippen LogP contribution >= 0.6 is 0 Å². The van der Waals surface area contributed by atoms with Gasteiger partial charge in [0.25, 0.3) is 0 Å². The minimum atomic E-state index is 0.948. The maximum Gasteiger partial charge on any atom is 0.0141 e. The molecule has 0 radical (unpaired) electrons. The van der Waals surface area contributed by atoms with Crippen LogP contribution in [0.1, 0.15) is 38.7 Å². The van der Waals surface area contributed by atoms with Gasteiger partial charge in [0.1, 0.15) is 0 Å². The van der Waals surface area contributed by atoms with Crippen molar-refractivity contribution in [2.75, 3.05) is 0 Å². The molecule has 1 aromatic carbocycles. The van der Waals surface area contributed by atoms with Crippen LogP contribution in [-0.2, 0) is 0 Å². The molecule has 21 heavy (non-hydrogen) atoms. The first kappa shape index (κ1) is 13.7. The summed E-state index contributed by atoms with van der Waals surface area (Å²) in [6, 6.07) is 10.7. The molecule has 0 aromatic heterocycles. The summed E-state index contributed by atoms with van der Waals surface area (Å²) in [5, 5.41) is 0. The Bertz CT molecular complexity index is 725. The monoisotopic (exact) mass is 272 g/mol. The van der Waals surface area contributed by atoms with Crippen LogP contribution in [0.2, 0.25) is 0 Å². The third kappa shape index (κ3) is 2.52. The number of hydrogen-bond acceptors (Lipinski definition) is 0. The molecule has 2 aliphatic carbocycles. The van der Waals surface area contributed by atoms with E-state index in [1.807, 2.05) is 6.08 Å². The van der Waals surface area contributed by atoms with Crippen LogP contribution in [0.5, 0.6) is 0 Å². The predicted octanol–water partition coefficient (Wildman–Crippen LogP) is 5.46. The van der Waals surface area contributed by atoms with Crippen molar-refractivity contribution in [3.8, 4) is 11.8 Å². The van der Waals surface area contributed by atoms with Gasteiger partial charge < -0.3 is 0 Å². The van der Waals surface area contributed by atoms with E-state index in [0.717, 1.165) is 19.3 Å². The summed E-state index contributed by atoms with van der Waals surface area (Å²) in [5.41, 5.74) is 8.26. The van der Waals surface area contributed by atoms with E-state index in [-0.39, 0.29) is 0 Å². The highest BCUT2D eigenvalue weighted by Crippen LogP contribution is 2.42. The summed E-state index contributed by atoms with van der Waals surface area (Å²) in [4.78, 5) is 0. The molecule has 0 amide bonds. The van der Waals surface area contributed by atoms with Gasteiger partial charge in [-0.05, 0) is 59.3 Å². The largest absolute Gasteiger partial charge is 0.0711 e. The topological polar surface area (TPSA) is 0 Å². The second-order valence-corrected chi connectivity index (χ2v) is 5.36. The van der Waals surface area contributed by atoms with Gasteiger partial charge in [0, 0.05) is 5.57 Å². The molecule has 0 fully saturated rings. The number of rotatable bonds is 3. The van der Waals surface area contributed by atoms with Crippen molar-refractivity contribution in [3.63, 3.8) is 0 Å². The van der Waals surface area contributed by atoms with E-state index in [1.165, 1.54) is 33.4 Å². The molecule has 0 saturated heterocycles. The maximum atomic E-state index is 3.31. The van der Waals surface area contributed by atoms with Crippen LogP contribution < -0.4 is 0 Å². The van der Waals surface area contributed by atoms with Gasteiger partial charge in [0.05, 0.1) is 0 Å². The van der Waals surface area contributed by atoms with Gasteiger partial charge in [-0.3, -0.25) is 0 Å². The molecule has 104 valence electrons. The lowest BCUT2D eigenvalue weighted by Crippen LogP contribution is -1.94. The van der Waals surface area contributed by atoms with Gasteiger partial charge in [-0.1, -0.05) is 62.1 Å². The Kier molecular flexibility index (Phi) is 3.93. The first-order valence-corrected chi connectivity index (χ1v) is 7.74. The normalized spacial score (nSPS) is 20.4. The number of allylic oxidation sites excluding steroid dienone is 8. The number of benzene rings is 1. The lowest BCUT2D eigenvalue weighted by Gasteiger charge is -2.12. The standard InChI is InChI=1S/C21H20/c1-3-16-15-20(17-11-7-5-8-12-17)21(19(16)4-2)18-13-9-6-10-14-18/h5-7,9-10,13-15H,3-4,11H2,1-2H3. The van der Waals surface area contributed by atoms with E-state index in [4.69, 9.17) is 0 Å². The molecular formula is C21H20. The fourth-order valence-electron chi connectivity index (χ4n) is 3.14. The Morgan fingerprint density at radius 2 is 1.86 bits per heavy atom. The quantitative estimate of drug-likeness (QED) is 0.641. The van der Waals surface area contributed by atoms with E-state index in [9.17, 15) is 0 Å². The minimum Gasteiger partial charge on any atom is -0.0711 e. The van der Waals surface area contributed by atoms with Crippen molar-refractivity contribution in [2.24, 2.45) is 0 Å². The van der Waals surface area contributed by atoms with Gasteiger partial charge >= 0.3 is 0 Å². The first-order valence-electron chi connectivity index (χ1n) is 7.74. The molecule has 0 saturated carbocycles. The average molecular weight is 272 g/mol. The zero-order valence-corrected chi connectivity index (χ0v) is 12.7. The van der Waals surface area contributed by atoms with Crippen LogP contribution in [0.3, 0.4) is 0 Å². The lowest BCUT2D eigenvalue weighted by atomic mass is 9.91. The van der Waals surface area contributed by atoms with E-state index >= 15 is 0 Å². The van der Waals surface area contributed by atoms with Gasteiger partial charge in [0.2, 0.25) is 0 Å². The van der Waals surface area contributed by atoms with Crippen molar-refractivity contribution < 1.29 is 0 Å². The second-order valence-electron chi connectivity index (χ2n) is 5.36. The lowest BCUT2D eigenvalue weighted by molar-refractivity contribution is 1.04. The van der Waals surface area contributed by atoms with Crippen molar-refractivity contribution in [3.05, 3.63) is 76.4 Å². The Morgan fingerprint density at radius 3 is 2.48 bits per heavy atom. The Labute approximate surface area is 127 Å². The molecule has 0 atom stereocenters. The third-order valence-corrected chi connectivity index (χ3v) is 4.15. The average Bonchev–Trinajstić information content (AvgIpc) is 2.95. The summed E-state index contributed by atoms with van der Waals surface area (Å²) in [5.74, 6) is 6.42. The van der Waals surface area contributed by atoms with E-state index in [0.29, 0.717) is 0 Å². The minimum absolute atomic E-state index is 0.948. The Morgan fingerprint density at radius 1 is 1.05 bits per heavy atom. The molecule has 0 aliphatic heterocycles. The van der Waals surface area contributed by atoms with Gasteiger partial charge in [-0.2, -0.15) is 0 Å². The fourth-order valence-corrected chi connectivity index (χ4v) is 3.14. The molecule has 0 spiro atoms. The van der Waals surface area contributed by atoms with Crippen molar-refractivity contribution in [1.29, 1.82) is 0 Å². The molecule has 0 unspecified atom stereocenters. The maximum absolute atomic E-state index is 3.31. The summed E-state index contributed by atoms with van der Waals surface area (Å²) in [6.07, 6.45) is 9.58. The van der Waals surface area contributed by atoms with Crippen LogP contribution in [-0.4, -0.2) is 0 Å². The zero-order valence-electron chi connectivity index (χ0n) is 12.7. The summed E-state index contributed by atoms with van der Waals surface area (Å²) in [6.45, 7) is 4.49. The van der Waals surface area contributed by atoms with E-state index < -0.39 is 0 Å². The van der Waals surface area contributed by atoms with E-state index in [1.54, 1.807) is 0 Å². The highest BCUT2D eigenvalue weighted by atomic mass is 14.3. The molecule has 2 aliphatic rings. The van der Waals surface area contributed by atoms with Crippen LogP contribution in [0.15, 0.2) is 70.9 Å². The molecule has 3 rings (SSSR count). The molecule has 0 N–H and O–H groups in total. The van der Waals surface area contributed by atoms with Crippen molar-refractivity contribution >= 4 is 5.57 Å². The summed E-state index contributed by atoms with van der Waals surface area (Å²) >= 11 is 0. The van der Waals surface area contributed by atoms with Crippen LogP contribution in [0.4, 0.5) is 0 Å². The van der Waals surface area contributed by atoms with E-state index in [2.05, 4.69) is 68.2 Å². The zero-order chi connectivity index (χ0) is 14.7. The van der Waals surface area contributed by atoms with Gasteiger partial charge in [-0.25, -0.2) is 0 Å². The number of hydrogen-bond donors (Lipinski definition) is 0. The van der Waals surface area contributed by atoms with Gasteiger partial charge in [-0.15, -0.1) is 0 Å². The molecule has 1 aromatic rings. The molecule has 0 heteroatoms. The highest BCUT2D eigenvalue weighted by molar-refractivity contribution is 5.92. The highest BCUT2D eigenvalue weighted by Gasteiger charge is 2.23. The Hall–Kier alpha value is -2.26. The van der Waals surface area contributed by atoms with Crippen molar-refractivity contribution in [2.45, 2.75) is 33.1 Å². The molecule has 0 heterocycles. The molecular weight excluding hydrogens is 252 g/mol. The van der Waals surface area contributed by atoms with Crippen LogP contribution in [0, 0.1) is 11.8 Å². The smallest absolute Gasteiger partial charge is 0.0141 e. The molecule has 0 nitrogen and oxygen atoms in total. The second kappa shape index (κ2) is 6.02. The summed E-state index contributed by atoms with van der Waals surface area (Å²) < 4.78 is 0. The fraction of sp³-hybridized carbons (Fsp3) is 0.238. The van der Waals surface area contributed by atoms with Crippen LogP contribution in [0.25, 0.3) is 5.57 Å².